The van der Waals surface area contributed by atoms with E-state index in [1.165, 1.54) is 0 Å². The Morgan fingerprint density at radius 3 is 3.04 bits per heavy atom. The Kier molecular flexibility index (Phi) is 6.44. The van der Waals surface area contributed by atoms with Crippen molar-refractivity contribution in [2.75, 3.05) is 23.4 Å². The second-order valence-electron chi connectivity index (χ2n) is 5.30. The molecular weight excluding hydrogens is 334 g/mol. The predicted molar refractivity (Wildman–Crippen MR) is 96.2 cm³/mol. The second kappa shape index (κ2) is 8.33. The summed E-state index contributed by atoms with van der Waals surface area (Å²) in [5.74, 6) is 3.55. The molecule has 8 heteroatoms. The van der Waals surface area contributed by atoms with Crippen LogP contribution in [-0.2, 0) is 4.79 Å². The number of hydrogen-bond acceptors (Lipinski definition) is 5. The largest absolute Gasteiger partial charge is 0.326 e. The molecule has 1 aliphatic heterocycles. The van der Waals surface area contributed by atoms with E-state index in [1.54, 1.807) is 0 Å². The summed E-state index contributed by atoms with van der Waals surface area (Å²) >= 11 is 1.89. The maximum Gasteiger partial charge on any atom is 0.225 e. The number of aromatic amines is 1. The Bertz CT molecular complexity index is 657. The Hall–Kier alpha value is -1.57. The van der Waals surface area contributed by atoms with Crippen LogP contribution in [0.4, 0.5) is 5.69 Å². The molecule has 1 aromatic heterocycles. The maximum absolute atomic E-state index is 12.1. The third-order valence-electron chi connectivity index (χ3n) is 3.43. The SMILES string of the molecule is Cc1nc(-c2cccc(NC(=O)CC3CSCCN3)c2)n[nH]1.Cl. The maximum atomic E-state index is 12.1. The van der Waals surface area contributed by atoms with Crippen LogP contribution in [0, 0.1) is 6.92 Å². The highest BCUT2D eigenvalue weighted by Crippen LogP contribution is 2.19. The van der Waals surface area contributed by atoms with Crippen LogP contribution in [-0.4, -0.2) is 45.2 Å². The number of thioether (sulfide) groups is 1. The molecule has 124 valence electrons. The van der Waals surface area contributed by atoms with E-state index in [0.717, 1.165) is 35.1 Å². The van der Waals surface area contributed by atoms with Gasteiger partial charge in [0, 0.05) is 41.8 Å². The first-order valence-corrected chi connectivity index (χ1v) is 8.46. The first-order chi connectivity index (χ1) is 10.7. The van der Waals surface area contributed by atoms with Gasteiger partial charge in [0.1, 0.15) is 5.82 Å². The molecule has 1 aliphatic rings. The van der Waals surface area contributed by atoms with Crippen LogP contribution in [0.25, 0.3) is 11.4 Å². The second-order valence-corrected chi connectivity index (χ2v) is 6.45. The highest BCUT2D eigenvalue weighted by molar-refractivity contribution is 7.99. The molecule has 3 rings (SSSR count). The number of hydrogen-bond donors (Lipinski definition) is 3. The molecule has 0 spiro atoms. The van der Waals surface area contributed by atoms with Crippen molar-refractivity contribution in [1.29, 1.82) is 0 Å². The summed E-state index contributed by atoms with van der Waals surface area (Å²) in [6.07, 6.45) is 0.497. The van der Waals surface area contributed by atoms with Gasteiger partial charge in [-0.15, -0.1) is 12.4 Å². The summed E-state index contributed by atoms with van der Waals surface area (Å²) in [4.78, 5) is 16.4. The summed E-state index contributed by atoms with van der Waals surface area (Å²) < 4.78 is 0. The topological polar surface area (TPSA) is 82.7 Å². The number of halogens is 1. The minimum absolute atomic E-state index is 0. The summed E-state index contributed by atoms with van der Waals surface area (Å²) in [5.41, 5.74) is 1.65. The van der Waals surface area contributed by atoms with Gasteiger partial charge in [0.05, 0.1) is 0 Å². The fraction of sp³-hybridized carbons (Fsp3) is 0.400. The molecule has 1 atom stereocenters. The van der Waals surface area contributed by atoms with Crippen molar-refractivity contribution in [3.05, 3.63) is 30.1 Å². The zero-order chi connectivity index (χ0) is 15.4. The van der Waals surface area contributed by atoms with Gasteiger partial charge in [0.2, 0.25) is 5.91 Å². The van der Waals surface area contributed by atoms with E-state index in [4.69, 9.17) is 0 Å². The fourth-order valence-electron chi connectivity index (χ4n) is 2.39. The van der Waals surface area contributed by atoms with Gasteiger partial charge in [-0.3, -0.25) is 9.89 Å². The van der Waals surface area contributed by atoms with Gasteiger partial charge in [-0.05, 0) is 19.1 Å². The Morgan fingerprint density at radius 2 is 2.35 bits per heavy atom. The van der Waals surface area contributed by atoms with Gasteiger partial charge in [-0.25, -0.2) is 4.98 Å². The number of carbonyl (C=O) groups excluding carboxylic acids is 1. The number of carbonyl (C=O) groups is 1. The number of anilines is 1. The van der Waals surface area contributed by atoms with Gasteiger partial charge >= 0.3 is 0 Å². The molecule has 0 aliphatic carbocycles. The third-order valence-corrected chi connectivity index (χ3v) is 4.56. The van der Waals surface area contributed by atoms with Gasteiger partial charge in [-0.1, -0.05) is 12.1 Å². The van der Waals surface area contributed by atoms with Crippen molar-refractivity contribution in [3.63, 3.8) is 0 Å². The molecule has 0 saturated carbocycles. The molecule has 1 unspecified atom stereocenters. The van der Waals surface area contributed by atoms with Crippen molar-refractivity contribution in [2.45, 2.75) is 19.4 Å². The molecular formula is C15H20ClN5OS. The smallest absolute Gasteiger partial charge is 0.225 e. The van der Waals surface area contributed by atoms with Gasteiger partial charge in [-0.2, -0.15) is 16.9 Å². The van der Waals surface area contributed by atoms with Crippen molar-refractivity contribution in [1.82, 2.24) is 20.5 Å². The van der Waals surface area contributed by atoms with E-state index in [1.807, 2.05) is 43.0 Å². The lowest BCUT2D eigenvalue weighted by Crippen LogP contribution is -2.39. The zero-order valence-corrected chi connectivity index (χ0v) is 14.5. The molecule has 1 saturated heterocycles. The highest BCUT2D eigenvalue weighted by Gasteiger charge is 2.16. The van der Waals surface area contributed by atoms with Crippen LogP contribution in [0.3, 0.4) is 0 Å². The number of rotatable bonds is 4. The standard InChI is InChI=1S/C15H19N5OS.ClH/c1-10-17-15(20-19-10)11-3-2-4-12(7-11)18-14(21)8-13-9-22-6-5-16-13;/h2-4,7,13,16H,5-6,8-9H2,1H3,(H,18,21)(H,17,19,20);1H. The molecule has 2 heterocycles. The van der Waals surface area contributed by atoms with E-state index in [0.29, 0.717) is 12.2 Å². The number of aromatic nitrogens is 3. The van der Waals surface area contributed by atoms with E-state index in [9.17, 15) is 4.79 Å². The molecule has 2 aromatic rings. The summed E-state index contributed by atoms with van der Waals surface area (Å²) in [5, 5.41) is 13.3. The summed E-state index contributed by atoms with van der Waals surface area (Å²) in [6.45, 7) is 2.83. The van der Waals surface area contributed by atoms with E-state index >= 15 is 0 Å². The normalized spacial score (nSPS) is 17.3. The lowest BCUT2D eigenvalue weighted by atomic mass is 10.1. The highest BCUT2D eigenvalue weighted by atomic mass is 35.5. The molecule has 1 amide bonds. The molecule has 6 nitrogen and oxygen atoms in total. The molecule has 1 aromatic carbocycles. The fourth-order valence-corrected chi connectivity index (χ4v) is 3.34. The van der Waals surface area contributed by atoms with Crippen molar-refractivity contribution >= 4 is 35.8 Å². The number of aryl methyl sites for hydroxylation is 1. The van der Waals surface area contributed by atoms with Crippen LogP contribution < -0.4 is 10.6 Å². The van der Waals surface area contributed by atoms with Crippen LogP contribution >= 0.6 is 24.2 Å². The van der Waals surface area contributed by atoms with Gasteiger partial charge < -0.3 is 10.6 Å². The molecule has 3 N–H and O–H groups in total. The average molecular weight is 354 g/mol. The number of benzene rings is 1. The summed E-state index contributed by atoms with van der Waals surface area (Å²) in [7, 11) is 0. The Morgan fingerprint density at radius 1 is 1.48 bits per heavy atom. The number of H-pyrrole nitrogens is 1. The number of nitrogens with zero attached hydrogens (tertiary/aromatic N) is 2. The van der Waals surface area contributed by atoms with Gasteiger partial charge in [0.15, 0.2) is 5.82 Å². The first-order valence-electron chi connectivity index (χ1n) is 7.31. The Labute approximate surface area is 145 Å². The molecule has 23 heavy (non-hydrogen) atoms. The minimum Gasteiger partial charge on any atom is -0.326 e. The zero-order valence-electron chi connectivity index (χ0n) is 12.8. The monoisotopic (exact) mass is 353 g/mol. The summed E-state index contributed by atoms with van der Waals surface area (Å²) in [6, 6.07) is 7.86. The van der Waals surface area contributed by atoms with Crippen molar-refractivity contribution in [3.8, 4) is 11.4 Å². The van der Waals surface area contributed by atoms with Gasteiger partial charge in [0.25, 0.3) is 0 Å². The third kappa shape index (κ3) is 4.95. The quantitative estimate of drug-likeness (QED) is 0.785. The van der Waals surface area contributed by atoms with Crippen LogP contribution in [0.2, 0.25) is 0 Å². The number of amides is 1. The molecule has 1 fully saturated rings. The van der Waals surface area contributed by atoms with Crippen LogP contribution in [0.5, 0.6) is 0 Å². The van der Waals surface area contributed by atoms with Crippen molar-refractivity contribution < 1.29 is 4.79 Å². The average Bonchev–Trinajstić information content (AvgIpc) is 2.95. The van der Waals surface area contributed by atoms with E-state index < -0.39 is 0 Å². The van der Waals surface area contributed by atoms with E-state index in [2.05, 4.69) is 25.8 Å². The van der Waals surface area contributed by atoms with Crippen molar-refractivity contribution in [2.24, 2.45) is 0 Å². The number of nitrogens with one attached hydrogen (secondary N) is 3. The lowest BCUT2D eigenvalue weighted by molar-refractivity contribution is -0.116. The minimum atomic E-state index is 0. The Balaban J connectivity index is 0.00000192. The molecule has 0 bridgehead atoms. The van der Waals surface area contributed by atoms with Crippen LogP contribution in [0.1, 0.15) is 12.2 Å². The first kappa shape index (κ1) is 17.8. The van der Waals surface area contributed by atoms with E-state index in [-0.39, 0.29) is 24.4 Å². The predicted octanol–water partition coefficient (Wildman–Crippen LogP) is 2.24. The lowest BCUT2D eigenvalue weighted by Gasteiger charge is -2.22. The molecule has 0 radical (unpaired) electrons. The van der Waals surface area contributed by atoms with Crippen LogP contribution in [0.15, 0.2) is 24.3 Å².